The van der Waals surface area contributed by atoms with Crippen LogP contribution >= 0.6 is 0 Å². The first-order valence-electron chi connectivity index (χ1n) is 8.92. The van der Waals surface area contributed by atoms with Crippen LogP contribution in [0.1, 0.15) is 32.0 Å². The summed E-state index contributed by atoms with van der Waals surface area (Å²) in [6, 6.07) is 10.4. The predicted molar refractivity (Wildman–Crippen MR) is 106 cm³/mol. The molecule has 1 heterocycles. The van der Waals surface area contributed by atoms with Crippen LogP contribution in [0.3, 0.4) is 0 Å². The van der Waals surface area contributed by atoms with Gasteiger partial charge in [-0.1, -0.05) is 26.8 Å². The van der Waals surface area contributed by atoms with Crippen LogP contribution in [0.2, 0.25) is 0 Å². The molecular formula is C21H18F3N5O. The monoisotopic (exact) mass is 413 g/mol. The first-order chi connectivity index (χ1) is 14.1. The molecule has 0 bridgehead atoms. The lowest BCUT2D eigenvalue weighted by molar-refractivity contribution is 0.262. The maximum atomic E-state index is 13.8. The highest BCUT2D eigenvalue weighted by molar-refractivity contribution is 5.99. The lowest BCUT2D eigenvalue weighted by Crippen LogP contribution is -2.22. The Labute approximate surface area is 170 Å². The number of hydrogen-bond donors (Lipinski definition) is 2. The smallest absolute Gasteiger partial charge is 0.305 e. The van der Waals surface area contributed by atoms with Crippen molar-refractivity contribution in [1.82, 2.24) is 9.78 Å². The van der Waals surface area contributed by atoms with Crippen molar-refractivity contribution >= 4 is 17.5 Å². The van der Waals surface area contributed by atoms with Gasteiger partial charge >= 0.3 is 6.03 Å². The second-order valence-corrected chi connectivity index (χ2v) is 7.57. The Balaban J connectivity index is 1.96. The fourth-order valence-electron chi connectivity index (χ4n) is 2.66. The summed E-state index contributed by atoms with van der Waals surface area (Å²) in [5.41, 5.74) is 0.556. The Bertz CT molecular complexity index is 1160. The highest BCUT2D eigenvalue weighted by Crippen LogP contribution is 2.27. The van der Waals surface area contributed by atoms with Crippen molar-refractivity contribution in [1.29, 1.82) is 5.26 Å². The molecule has 154 valence electrons. The van der Waals surface area contributed by atoms with Gasteiger partial charge in [0.05, 0.1) is 28.7 Å². The minimum atomic E-state index is -1.42. The molecule has 9 heteroatoms. The molecule has 0 aliphatic carbocycles. The molecule has 2 amide bonds. The van der Waals surface area contributed by atoms with Crippen LogP contribution in [-0.2, 0) is 5.41 Å². The van der Waals surface area contributed by atoms with Gasteiger partial charge in [-0.25, -0.2) is 22.6 Å². The third-order valence-corrected chi connectivity index (χ3v) is 4.18. The molecule has 0 saturated carbocycles. The number of halogens is 3. The van der Waals surface area contributed by atoms with Crippen molar-refractivity contribution in [3.8, 4) is 11.8 Å². The van der Waals surface area contributed by atoms with Crippen molar-refractivity contribution in [2.75, 3.05) is 10.6 Å². The number of rotatable bonds is 3. The van der Waals surface area contributed by atoms with E-state index in [0.29, 0.717) is 29.1 Å². The van der Waals surface area contributed by atoms with Gasteiger partial charge in [0.25, 0.3) is 0 Å². The molecule has 2 aromatic carbocycles. The summed E-state index contributed by atoms with van der Waals surface area (Å²) in [6.45, 7) is 5.79. The molecule has 0 aliphatic heterocycles. The molecule has 0 spiro atoms. The number of nitriles is 1. The molecule has 0 atom stereocenters. The Hall–Kier alpha value is -3.80. The van der Waals surface area contributed by atoms with Crippen LogP contribution in [0.5, 0.6) is 0 Å². The molecule has 1 aromatic heterocycles. The van der Waals surface area contributed by atoms with Gasteiger partial charge in [0.2, 0.25) is 0 Å². The molecule has 6 nitrogen and oxygen atoms in total. The molecule has 3 rings (SSSR count). The van der Waals surface area contributed by atoms with Gasteiger partial charge in [-0.2, -0.15) is 10.4 Å². The van der Waals surface area contributed by atoms with Crippen molar-refractivity contribution in [2.24, 2.45) is 0 Å². The zero-order valence-corrected chi connectivity index (χ0v) is 16.4. The normalized spacial score (nSPS) is 11.1. The number of amides is 2. The standard InChI is InChI=1S/C21H18F3N5O/c1-21(2,3)17-10-18(29(28-17)14-6-4-5-12(7-14)11-25)27-20(30)26-16-9-13(22)8-15(23)19(16)24/h4-10H,1-3H3,(H2,26,27,30). The second-order valence-electron chi connectivity index (χ2n) is 7.57. The minimum absolute atomic E-state index is 0.227. The SMILES string of the molecule is CC(C)(C)c1cc(NC(=O)Nc2cc(F)cc(F)c2F)n(-c2cccc(C#N)c2)n1. The number of carbonyl (C=O) groups is 1. The molecular weight excluding hydrogens is 395 g/mol. The molecule has 0 aliphatic rings. The second kappa shape index (κ2) is 7.91. The van der Waals surface area contributed by atoms with Crippen LogP contribution in [0.25, 0.3) is 5.69 Å². The van der Waals surface area contributed by atoms with Gasteiger partial charge < -0.3 is 5.32 Å². The summed E-state index contributed by atoms with van der Waals surface area (Å²) >= 11 is 0. The first-order valence-corrected chi connectivity index (χ1v) is 8.92. The van der Waals surface area contributed by atoms with Gasteiger partial charge in [-0.15, -0.1) is 0 Å². The molecule has 0 radical (unpaired) electrons. The quantitative estimate of drug-likeness (QED) is 0.586. The predicted octanol–water partition coefficient (Wildman–Crippen LogP) is 5.10. The molecule has 0 saturated heterocycles. The maximum absolute atomic E-state index is 13.8. The zero-order chi connectivity index (χ0) is 22.1. The van der Waals surface area contributed by atoms with Crippen LogP contribution in [-0.4, -0.2) is 15.8 Å². The molecule has 0 fully saturated rings. The lowest BCUT2D eigenvalue weighted by atomic mass is 9.92. The van der Waals surface area contributed by atoms with Gasteiger partial charge in [0, 0.05) is 23.6 Å². The number of urea groups is 1. The van der Waals surface area contributed by atoms with Crippen molar-refractivity contribution < 1.29 is 18.0 Å². The van der Waals surface area contributed by atoms with E-state index >= 15 is 0 Å². The number of aromatic nitrogens is 2. The van der Waals surface area contributed by atoms with E-state index in [9.17, 15) is 18.0 Å². The van der Waals surface area contributed by atoms with Crippen molar-refractivity contribution in [2.45, 2.75) is 26.2 Å². The Morgan fingerprint density at radius 3 is 2.50 bits per heavy atom. The fourth-order valence-corrected chi connectivity index (χ4v) is 2.66. The van der Waals surface area contributed by atoms with Gasteiger partial charge in [-0.05, 0) is 18.2 Å². The Kier molecular flexibility index (Phi) is 5.52. The number of benzene rings is 2. The number of nitrogens with one attached hydrogen (secondary N) is 2. The van der Waals surface area contributed by atoms with Gasteiger partial charge in [-0.3, -0.25) is 5.32 Å². The summed E-state index contributed by atoms with van der Waals surface area (Å²) in [5.74, 6) is -3.60. The van der Waals surface area contributed by atoms with Crippen LogP contribution < -0.4 is 10.6 Å². The summed E-state index contributed by atoms with van der Waals surface area (Å²) < 4.78 is 42.0. The Morgan fingerprint density at radius 1 is 1.10 bits per heavy atom. The van der Waals surface area contributed by atoms with E-state index in [1.165, 1.54) is 4.68 Å². The third-order valence-electron chi connectivity index (χ3n) is 4.18. The van der Waals surface area contributed by atoms with Crippen LogP contribution in [0.15, 0.2) is 42.5 Å². The van der Waals surface area contributed by atoms with E-state index < -0.39 is 29.2 Å². The molecule has 0 unspecified atom stereocenters. The number of anilines is 2. The van der Waals surface area contributed by atoms with E-state index in [-0.39, 0.29) is 11.2 Å². The average Bonchev–Trinajstić information content (AvgIpc) is 3.10. The highest BCUT2D eigenvalue weighted by atomic mass is 19.2. The average molecular weight is 413 g/mol. The summed E-state index contributed by atoms with van der Waals surface area (Å²) in [5, 5.41) is 18.2. The first kappa shape index (κ1) is 20.9. The largest absolute Gasteiger partial charge is 0.324 e. The van der Waals surface area contributed by atoms with E-state index in [1.54, 1.807) is 30.3 Å². The maximum Gasteiger partial charge on any atom is 0.324 e. The van der Waals surface area contributed by atoms with E-state index in [4.69, 9.17) is 5.26 Å². The third kappa shape index (κ3) is 4.43. The molecule has 3 aromatic rings. The number of hydrogen-bond acceptors (Lipinski definition) is 3. The van der Waals surface area contributed by atoms with Crippen LogP contribution in [0.4, 0.5) is 29.5 Å². The zero-order valence-electron chi connectivity index (χ0n) is 16.4. The summed E-state index contributed by atoms with van der Waals surface area (Å²) in [7, 11) is 0. The van der Waals surface area contributed by atoms with E-state index in [1.807, 2.05) is 26.8 Å². The minimum Gasteiger partial charge on any atom is -0.305 e. The number of carbonyl (C=O) groups excluding carboxylic acids is 1. The molecule has 30 heavy (non-hydrogen) atoms. The van der Waals surface area contributed by atoms with E-state index in [0.717, 1.165) is 0 Å². The topological polar surface area (TPSA) is 82.7 Å². The summed E-state index contributed by atoms with van der Waals surface area (Å²) in [6.07, 6.45) is 0. The van der Waals surface area contributed by atoms with E-state index in [2.05, 4.69) is 15.7 Å². The van der Waals surface area contributed by atoms with Gasteiger partial charge in [0.15, 0.2) is 11.6 Å². The van der Waals surface area contributed by atoms with Crippen molar-refractivity contribution in [3.05, 3.63) is 71.2 Å². The van der Waals surface area contributed by atoms with Crippen LogP contribution in [0, 0.1) is 28.8 Å². The Morgan fingerprint density at radius 2 is 1.83 bits per heavy atom. The summed E-state index contributed by atoms with van der Waals surface area (Å²) in [4.78, 5) is 12.4. The van der Waals surface area contributed by atoms with Gasteiger partial charge in [0.1, 0.15) is 11.6 Å². The fraction of sp³-hybridized carbons (Fsp3) is 0.190. The van der Waals surface area contributed by atoms with Crippen molar-refractivity contribution in [3.63, 3.8) is 0 Å². The highest BCUT2D eigenvalue weighted by Gasteiger charge is 2.22. The lowest BCUT2D eigenvalue weighted by Gasteiger charge is -2.14. The molecule has 2 N–H and O–H groups in total. The number of nitrogens with zero attached hydrogens (tertiary/aromatic N) is 3.